The van der Waals surface area contributed by atoms with Crippen LogP contribution in [0.1, 0.15) is 33.6 Å². The van der Waals surface area contributed by atoms with Gasteiger partial charge in [0.15, 0.2) is 12.6 Å². The van der Waals surface area contributed by atoms with Gasteiger partial charge < -0.3 is 25.0 Å². The van der Waals surface area contributed by atoms with E-state index in [2.05, 4.69) is 29.5 Å². The third kappa shape index (κ3) is 7.38. The number of carbonyl (C=O) groups excluding carboxylic acids is 1. The van der Waals surface area contributed by atoms with Gasteiger partial charge in [-0.3, -0.25) is 9.79 Å². The number of hydrogen-bond acceptors (Lipinski definition) is 4. The summed E-state index contributed by atoms with van der Waals surface area (Å²) in [6.45, 7) is 10.8. The number of hydrogen-bond donors (Lipinski definition) is 2. The molecule has 0 atom stereocenters. The van der Waals surface area contributed by atoms with E-state index in [4.69, 9.17) is 9.47 Å². The van der Waals surface area contributed by atoms with Gasteiger partial charge in [0.25, 0.3) is 5.91 Å². The van der Waals surface area contributed by atoms with Crippen molar-refractivity contribution >= 4 is 17.6 Å². The minimum absolute atomic E-state index is 0.00809. The van der Waals surface area contributed by atoms with Gasteiger partial charge in [-0.2, -0.15) is 0 Å². The molecule has 0 aliphatic carbocycles. The number of aliphatic imine (C=N–C) groups is 1. The molecule has 156 valence electrons. The first-order valence-corrected chi connectivity index (χ1v) is 10.2. The number of para-hydroxylation sites is 2. The normalized spacial score (nSPS) is 14.1. The zero-order valence-corrected chi connectivity index (χ0v) is 17.4. The lowest BCUT2D eigenvalue weighted by atomic mass is 10.1. The lowest BCUT2D eigenvalue weighted by molar-refractivity contribution is -0.121. The first-order valence-electron chi connectivity index (χ1n) is 10.2. The summed E-state index contributed by atoms with van der Waals surface area (Å²) >= 11 is 0. The second-order valence-corrected chi connectivity index (χ2v) is 7.14. The van der Waals surface area contributed by atoms with Gasteiger partial charge in [-0.25, -0.2) is 0 Å². The summed E-state index contributed by atoms with van der Waals surface area (Å²) in [5, 5.41) is 6.52. The van der Waals surface area contributed by atoms with Crippen LogP contribution in [-0.2, 0) is 9.53 Å². The van der Waals surface area contributed by atoms with E-state index in [1.165, 1.54) is 0 Å². The fourth-order valence-electron chi connectivity index (χ4n) is 2.82. The predicted molar refractivity (Wildman–Crippen MR) is 113 cm³/mol. The second-order valence-electron chi connectivity index (χ2n) is 7.14. The summed E-state index contributed by atoms with van der Waals surface area (Å²) < 4.78 is 11.1. The minimum atomic E-state index is -0.00809. The molecule has 0 bridgehead atoms. The van der Waals surface area contributed by atoms with Crippen molar-refractivity contribution in [2.24, 2.45) is 10.9 Å². The Morgan fingerprint density at radius 1 is 1.29 bits per heavy atom. The van der Waals surface area contributed by atoms with E-state index in [9.17, 15) is 4.79 Å². The molecule has 7 nitrogen and oxygen atoms in total. The van der Waals surface area contributed by atoms with E-state index in [1.807, 2.05) is 31.2 Å². The van der Waals surface area contributed by atoms with Crippen LogP contribution in [0.4, 0.5) is 5.69 Å². The molecule has 0 fully saturated rings. The van der Waals surface area contributed by atoms with Gasteiger partial charge in [-0.05, 0) is 37.8 Å². The highest BCUT2D eigenvalue weighted by atomic mass is 16.5. The van der Waals surface area contributed by atoms with E-state index in [1.54, 1.807) is 4.90 Å². The molecule has 1 amide bonds. The molecule has 0 radical (unpaired) electrons. The maximum Gasteiger partial charge on any atom is 0.265 e. The Kier molecular flexibility index (Phi) is 9.62. The summed E-state index contributed by atoms with van der Waals surface area (Å²) in [5.41, 5.74) is 0.839. The predicted octanol–water partition coefficient (Wildman–Crippen LogP) is 2.42. The average Bonchev–Trinajstić information content (AvgIpc) is 2.68. The van der Waals surface area contributed by atoms with E-state index in [0.29, 0.717) is 25.6 Å². The van der Waals surface area contributed by atoms with Crippen molar-refractivity contribution in [3.05, 3.63) is 24.3 Å². The standard InChI is InChI=1S/C21H34N4O3/c1-4-22-21(24-12-15-27-14-10-17(2)3)23-11-7-13-25-18-8-5-6-9-19(18)28-16-20(25)26/h5-6,8-9,17H,4,7,10-16H2,1-3H3,(H2,22,23,24). The first-order chi connectivity index (χ1) is 13.6. The van der Waals surface area contributed by atoms with Gasteiger partial charge in [0.2, 0.25) is 0 Å². The summed E-state index contributed by atoms with van der Waals surface area (Å²) in [7, 11) is 0. The SMILES string of the molecule is CCNC(=NCCCN1C(=O)COc2ccccc21)NCCOCCC(C)C. The average molecular weight is 391 g/mol. The smallest absolute Gasteiger partial charge is 0.265 e. The number of benzene rings is 1. The highest BCUT2D eigenvalue weighted by Crippen LogP contribution is 2.31. The van der Waals surface area contributed by atoms with Crippen LogP contribution in [0, 0.1) is 5.92 Å². The van der Waals surface area contributed by atoms with Gasteiger partial charge in [-0.1, -0.05) is 26.0 Å². The number of rotatable bonds is 11. The fraction of sp³-hybridized carbons (Fsp3) is 0.619. The third-order valence-electron chi connectivity index (χ3n) is 4.34. The molecule has 1 aromatic carbocycles. The molecular weight excluding hydrogens is 356 g/mol. The Labute approximate surface area is 168 Å². The zero-order valence-electron chi connectivity index (χ0n) is 17.4. The maximum atomic E-state index is 12.2. The number of anilines is 1. The van der Waals surface area contributed by atoms with Crippen LogP contribution in [0.15, 0.2) is 29.3 Å². The highest BCUT2D eigenvalue weighted by Gasteiger charge is 2.24. The molecule has 1 aliphatic heterocycles. The van der Waals surface area contributed by atoms with Crippen LogP contribution in [0.2, 0.25) is 0 Å². The number of fused-ring (bicyclic) bond motifs is 1. The van der Waals surface area contributed by atoms with Crippen molar-refractivity contribution in [3.8, 4) is 5.75 Å². The van der Waals surface area contributed by atoms with Crippen LogP contribution < -0.4 is 20.3 Å². The van der Waals surface area contributed by atoms with Crippen molar-refractivity contribution in [1.82, 2.24) is 10.6 Å². The Balaban J connectivity index is 1.73. The first kappa shape index (κ1) is 22.0. The zero-order chi connectivity index (χ0) is 20.2. The molecule has 1 aromatic rings. The Morgan fingerprint density at radius 2 is 2.11 bits per heavy atom. The monoisotopic (exact) mass is 390 g/mol. The van der Waals surface area contributed by atoms with Crippen LogP contribution in [0.25, 0.3) is 0 Å². The molecule has 0 aromatic heterocycles. The summed E-state index contributed by atoms with van der Waals surface area (Å²) in [6, 6.07) is 7.64. The van der Waals surface area contributed by atoms with Crippen LogP contribution in [0.5, 0.6) is 5.75 Å². The van der Waals surface area contributed by atoms with Crippen LogP contribution in [0.3, 0.4) is 0 Å². The van der Waals surface area contributed by atoms with Gasteiger partial charge >= 0.3 is 0 Å². The van der Waals surface area contributed by atoms with Crippen LogP contribution >= 0.6 is 0 Å². The fourth-order valence-corrected chi connectivity index (χ4v) is 2.82. The highest BCUT2D eigenvalue weighted by molar-refractivity contribution is 5.97. The lowest BCUT2D eigenvalue weighted by Crippen LogP contribution is -2.40. The van der Waals surface area contributed by atoms with Crippen molar-refractivity contribution in [1.29, 1.82) is 0 Å². The van der Waals surface area contributed by atoms with E-state index in [-0.39, 0.29) is 12.5 Å². The minimum Gasteiger partial charge on any atom is -0.482 e. The summed E-state index contributed by atoms with van der Waals surface area (Å²) in [4.78, 5) is 18.6. The number of carbonyl (C=O) groups is 1. The number of ether oxygens (including phenoxy) is 2. The molecule has 1 aliphatic rings. The van der Waals surface area contributed by atoms with E-state index < -0.39 is 0 Å². The quantitative estimate of drug-likeness (QED) is 0.345. The molecule has 0 unspecified atom stereocenters. The van der Waals surface area contributed by atoms with Crippen molar-refractivity contribution in [2.45, 2.75) is 33.6 Å². The Bertz CT molecular complexity index is 634. The van der Waals surface area contributed by atoms with E-state index in [0.717, 1.165) is 49.9 Å². The van der Waals surface area contributed by atoms with Crippen LogP contribution in [-0.4, -0.2) is 57.9 Å². The molecule has 0 spiro atoms. The molecule has 1 heterocycles. The topological polar surface area (TPSA) is 75.2 Å². The molecular formula is C21H34N4O3. The molecule has 2 N–H and O–H groups in total. The molecule has 0 saturated heterocycles. The van der Waals surface area contributed by atoms with E-state index >= 15 is 0 Å². The summed E-state index contributed by atoms with van der Waals surface area (Å²) in [5.74, 6) is 2.20. The summed E-state index contributed by atoms with van der Waals surface area (Å²) in [6.07, 6.45) is 1.86. The maximum absolute atomic E-state index is 12.2. The Hall–Kier alpha value is -2.28. The van der Waals surface area contributed by atoms with Gasteiger partial charge in [0.05, 0.1) is 12.3 Å². The van der Waals surface area contributed by atoms with Gasteiger partial charge in [0, 0.05) is 32.8 Å². The molecule has 7 heteroatoms. The molecule has 28 heavy (non-hydrogen) atoms. The van der Waals surface area contributed by atoms with Crippen molar-refractivity contribution < 1.29 is 14.3 Å². The largest absolute Gasteiger partial charge is 0.482 e. The molecule has 2 rings (SSSR count). The number of nitrogens with one attached hydrogen (secondary N) is 2. The van der Waals surface area contributed by atoms with Gasteiger partial charge in [-0.15, -0.1) is 0 Å². The second kappa shape index (κ2) is 12.2. The van der Waals surface area contributed by atoms with Crippen molar-refractivity contribution in [2.75, 3.05) is 50.9 Å². The van der Waals surface area contributed by atoms with Gasteiger partial charge in [0.1, 0.15) is 5.75 Å². The molecule has 0 saturated carbocycles. The number of nitrogens with zero attached hydrogens (tertiary/aromatic N) is 2. The number of guanidine groups is 1. The number of amides is 1. The lowest BCUT2D eigenvalue weighted by Gasteiger charge is -2.29. The third-order valence-corrected chi connectivity index (χ3v) is 4.34. The van der Waals surface area contributed by atoms with Crippen molar-refractivity contribution in [3.63, 3.8) is 0 Å². The Morgan fingerprint density at radius 3 is 2.89 bits per heavy atom.